The molecule has 1 fully saturated rings. The van der Waals surface area contributed by atoms with E-state index >= 15 is 0 Å². The number of benzene rings is 1. The van der Waals surface area contributed by atoms with Crippen molar-refractivity contribution in [1.29, 1.82) is 0 Å². The molecule has 1 amide bonds. The molecule has 23 heavy (non-hydrogen) atoms. The van der Waals surface area contributed by atoms with Gasteiger partial charge in [-0.3, -0.25) is 9.69 Å². The van der Waals surface area contributed by atoms with E-state index in [1.54, 1.807) is 11.3 Å². The number of likely N-dealkylation sites (tertiary alicyclic amines) is 1. The largest absolute Gasteiger partial charge is 0.338 e. The van der Waals surface area contributed by atoms with Crippen molar-refractivity contribution in [3.8, 4) is 10.6 Å². The highest BCUT2D eigenvalue weighted by Crippen LogP contribution is 2.24. The van der Waals surface area contributed by atoms with Gasteiger partial charge in [-0.25, -0.2) is 4.98 Å². The molecule has 5 heteroatoms. The minimum atomic E-state index is 0.0287. The lowest BCUT2D eigenvalue weighted by Gasteiger charge is -2.33. The molecular formula is C18H23N3OS. The Morgan fingerprint density at radius 2 is 2.13 bits per heavy atom. The quantitative estimate of drug-likeness (QED) is 0.864. The maximum absolute atomic E-state index is 12.6. The Labute approximate surface area is 141 Å². The Balaban J connectivity index is 1.65. The summed E-state index contributed by atoms with van der Waals surface area (Å²) in [6, 6.07) is 10.2. The van der Waals surface area contributed by atoms with E-state index in [0.717, 1.165) is 35.7 Å². The van der Waals surface area contributed by atoms with Gasteiger partial charge in [-0.05, 0) is 26.4 Å². The molecule has 1 aromatic heterocycles. The number of carbonyl (C=O) groups excluding carboxylic acids is 1. The molecule has 122 valence electrons. The second kappa shape index (κ2) is 7.23. The zero-order valence-corrected chi connectivity index (χ0v) is 14.6. The third kappa shape index (κ3) is 3.79. The van der Waals surface area contributed by atoms with Crippen LogP contribution in [0.4, 0.5) is 0 Å². The Hall–Kier alpha value is -1.72. The van der Waals surface area contributed by atoms with Crippen molar-refractivity contribution < 1.29 is 4.79 Å². The fraction of sp³-hybridized carbons (Fsp3) is 0.444. The first-order valence-corrected chi connectivity index (χ1v) is 8.98. The molecule has 2 aromatic rings. The molecule has 4 nitrogen and oxygen atoms in total. The topological polar surface area (TPSA) is 36.4 Å². The predicted octanol–water partition coefficient (Wildman–Crippen LogP) is 3.25. The van der Waals surface area contributed by atoms with Crippen LogP contribution in [0.5, 0.6) is 0 Å². The summed E-state index contributed by atoms with van der Waals surface area (Å²) in [7, 11) is 3.93. The van der Waals surface area contributed by atoms with Crippen LogP contribution >= 0.6 is 11.3 Å². The molecular weight excluding hydrogens is 306 g/mol. The standard InChI is InChI=1S/C18H23N3OS/c1-20-11-7-6-10-16(20)18(22)21(2)12-15-13-23-17(19-15)14-8-4-3-5-9-14/h3-5,8-9,13,16H,6-7,10-12H2,1-2H3. The third-order valence-electron chi connectivity index (χ3n) is 4.40. The number of thiazole rings is 1. The van der Waals surface area contributed by atoms with E-state index < -0.39 is 0 Å². The number of nitrogens with zero attached hydrogens (tertiary/aromatic N) is 3. The molecule has 1 aliphatic rings. The first kappa shape index (κ1) is 16.1. The summed E-state index contributed by atoms with van der Waals surface area (Å²) in [5.74, 6) is 0.210. The van der Waals surface area contributed by atoms with E-state index in [9.17, 15) is 4.79 Å². The molecule has 2 heterocycles. The van der Waals surface area contributed by atoms with Gasteiger partial charge in [0, 0.05) is 18.0 Å². The van der Waals surface area contributed by atoms with Crippen molar-refractivity contribution in [2.75, 3.05) is 20.6 Å². The van der Waals surface area contributed by atoms with Crippen LogP contribution in [0.15, 0.2) is 35.7 Å². The Morgan fingerprint density at radius 1 is 1.35 bits per heavy atom. The lowest BCUT2D eigenvalue weighted by Crippen LogP contribution is -2.47. The number of rotatable bonds is 4. The van der Waals surface area contributed by atoms with E-state index in [-0.39, 0.29) is 11.9 Å². The van der Waals surface area contributed by atoms with Gasteiger partial charge in [-0.1, -0.05) is 36.8 Å². The van der Waals surface area contributed by atoms with Crippen molar-refractivity contribution >= 4 is 17.2 Å². The Morgan fingerprint density at radius 3 is 2.87 bits per heavy atom. The molecule has 1 atom stereocenters. The summed E-state index contributed by atoms with van der Waals surface area (Å²) in [6.07, 6.45) is 3.30. The smallest absolute Gasteiger partial charge is 0.240 e. The molecule has 1 unspecified atom stereocenters. The maximum Gasteiger partial charge on any atom is 0.240 e. The molecule has 0 radical (unpaired) electrons. The number of aromatic nitrogens is 1. The number of hydrogen-bond donors (Lipinski definition) is 0. The monoisotopic (exact) mass is 329 g/mol. The van der Waals surface area contributed by atoms with Gasteiger partial charge >= 0.3 is 0 Å². The van der Waals surface area contributed by atoms with Crippen LogP contribution in [0.2, 0.25) is 0 Å². The lowest BCUT2D eigenvalue weighted by atomic mass is 10.0. The van der Waals surface area contributed by atoms with Gasteiger partial charge in [0.1, 0.15) is 5.01 Å². The van der Waals surface area contributed by atoms with Crippen LogP contribution in [0.3, 0.4) is 0 Å². The fourth-order valence-electron chi connectivity index (χ4n) is 3.06. The predicted molar refractivity (Wildman–Crippen MR) is 94.3 cm³/mol. The highest BCUT2D eigenvalue weighted by atomic mass is 32.1. The summed E-state index contributed by atoms with van der Waals surface area (Å²) >= 11 is 1.63. The van der Waals surface area contributed by atoms with E-state index in [4.69, 9.17) is 0 Å². The highest BCUT2D eigenvalue weighted by Gasteiger charge is 2.28. The molecule has 0 saturated carbocycles. The average Bonchev–Trinajstić information content (AvgIpc) is 3.04. The van der Waals surface area contributed by atoms with Crippen molar-refractivity contribution in [2.45, 2.75) is 31.8 Å². The van der Waals surface area contributed by atoms with Gasteiger partial charge < -0.3 is 4.90 Å². The summed E-state index contributed by atoms with van der Waals surface area (Å²) < 4.78 is 0. The number of hydrogen-bond acceptors (Lipinski definition) is 4. The van der Waals surface area contributed by atoms with E-state index in [1.807, 2.05) is 37.2 Å². The van der Waals surface area contributed by atoms with Gasteiger partial charge in [0.05, 0.1) is 18.3 Å². The molecule has 0 spiro atoms. The van der Waals surface area contributed by atoms with Gasteiger partial charge in [-0.2, -0.15) is 0 Å². The SMILES string of the molecule is CN(Cc1csc(-c2ccccc2)n1)C(=O)C1CCCCN1C. The number of piperidine rings is 1. The molecule has 1 aliphatic heterocycles. The van der Waals surface area contributed by atoms with Gasteiger partial charge in [0.25, 0.3) is 0 Å². The van der Waals surface area contributed by atoms with Gasteiger partial charge in [-0.15, -0.1) is 11.3 Å². The van der Waals surface area contributed by atoms with Gasteiger partial charge in [0.2, 0.25) is 5.91 Å². The maximum atomic E-state index is 12.6. The summed E-state index contributed by atoms with van der Waals surface area (Å²) in [5.41, 5.74) is 2.09. The molecule has 0 N–H and O–H groups in total. The van der Waals surface area contributed by atoms with Crippen LogP contribution in [-0.2, 0) is 11.3 Å². The average molecular weight is 329 g/mol. The van der Waals surface area contributed by atoms with Crippen molar-refractivity contribution in [2.24, 2.45) is 0 Å². The number of amides is 1. The number of carbonyl (C=O) groups is 1. The molecule has 0 aliphatic carbocycles. The highest BCUT2D eigenvalue weighted by molar-refractivity contribution is 7.13. The van der Waals surface area contributed by atoms with E-state index in [1.165, 1.54) is 6.42 Å². The minimum absolute atomic E-state index is 0.0287. The second-order valence-corrected chi connectivity index (χ2v) is 7.05. The zero-order chi connectivity index (χ0) is 16.2. The van der Waals surface area contributed by atoms with Crippen molar-refractivity contribution in [1.82, 2.24) is 14.8 Å². The summed E-state index contributed by atoms with van der Waals surface area (Å²) in [4.78, 5) is 21.3. The summed E-state index contributed by atoms with van der Waals surface area (Å²) in [6.45, 7) is 1.59. The van der Waals surface area contributed by atoms with E-state index in [2.05, 4.69) is 27.4 Å². The second-order valence-electron chi connectivity index (χ2n) is 6.20. The minimum Gasteiger partial charge on any atom is -0.338 e. The van der Waals surface area contributed by atoms with Crippen LogP contribution in [0.1, 0.15) is 25.0 Å². The van der Waals surface area contributed by atoms with Crippen LogP contribution in [0, 0.1) is 0 Å². The lowest BCUT2D eigenvalue weighted by molar-refractivity contribution is -0.136. The van der Waals surface area contributed by atoms with Gasteiger partial charge in [0.15, 0.2) is 0 Å². The van der Waals surface area contributed by atoms with Crippen molar-refractivity contribution in [3.05, 3.63) is 41.4 Å². The third-order valence-corrected chi connectivity index (χ3v) is 5.34. The molecule has 1 saturated heterocycles. The molecule has 0 bridgehead atoms. The fourth-order valence-corrected chi connectivity index (χ4v) is 3.87. The Kier molecular flexibility index (Phi) is 5.08. The molecule has 3 rings (SSSR count). The van der Waals surface area contributed by atoms with Crippen LogP contribution < -0.4 is 0 Å². The zero-order valence-electron chi connectivity index (χ0n) is 13.7. The Bertz CT molecular complexity index is 655. The molecule has 1 aromatic carbocycles. The van der Waals surface area contributed by atoms with Crippen LogP contribution in [0.25, 0.3) is 10.6 Å². The van der Waals surface area contributed by atoms with Crippen molar-refractivity contribution in [3.63, 3.8) is 0 Å². The normalized spacial score (nSPS) is 18.8. The van der Waals surface area contributed by atoms with E-state index in [0.29, 0.717) is 6.54 Å². The number of likely N-dealkylation sites (N-methyl/N-ethyl adjacent to an activating group) is 2. The first-order chi connectivity index (χ1) is 11.1. The summed E-state index contributed by atoms with van der Waals surface area (Å²) in [5, 5.41) is 3.06. The van der Waals surface area contributed by atoms with Crippen LogP contribution in [-0.4, -0.2) is 47.4 Å². The first-order valence-electron chi connectivity index (χ1n) is 8.10.